The third kappa shape index (κ3) is 6.56. The number of fused-ring (bicyclic) bond motifs is 1. The number of para-hydroxylation sites is 1. The van der Waals surface area contributed by atoms with Crippen LogP contribution in [-0.2, 0) is 16.1 Å². The molecule has 1 N–H and O–H groups in total. The molecule has 0 radical (unpaired) electrons. The van der Waals surface area contributed by atoms with Gasteiger partial charge in [-0.05, 0) is 55.4 Å². The lowest BCUT2D eigenvalue weighted by Gasteiger charge is -2.43. The predicted octanol–water partition coefficient (Wildman–Crippen LogP) is 6.42. The number of methoxy groups -OCH3 is 1. The van der Waals surface area contributed by atoms with E-state index >= 15 is 4.11 Å². The van der Waals surface area contributed by atoms with E-state index in [4.69, 9.17) is 9.47 Å². The Morgan fingerprint density at radius 2 is 1.79 bits per heavy atom. The first-order valence-corrected chi connectivity index (χ1v) is 17.6. The summed E-state index contributed by atoms with van der Waals surface area (Å²) in [6.45, 7) is 5.86. The zero-order chi connectivity index (χ0) is 30.6. The Kier molecular flexibility index (Phi) is 9.39. The molecule has 2 heterocycles. The standard InChI is InChI=1S/C33H39FN4O4Si/c1-23-32(41-2)27-19-26(38(22-40)25-13-9-6-10-14-25)15-16-30(27)42-33(23)31(43(3,4)34)17-18-37-20-29(35-36-37)28(21-39)24-11-7-5-8-12-24/h5-16,19-20,22-23,28,31-33,39H,17-18,21H2,1-4H3/t23-,28?,31?,32-,33-/m0/s1. The Morgan fingerprint density at radius 3 is 2.42 bits per heavy atom. The minimum Gasteiger partial charge on any atom is -0.490 e. The molecule has 0 saturated heterocycles. The number of amides is 1. The van der Waals surface area contributed by atoms with Crippen LogP contribution in [0.4, 0.5) is 15.5 Å². The second kappa shape index (κ2) is 13.2. The molecule has 0 spiro atoms. The molecule has 1 aliphatic heterocycles. The number of benzene rings is 3. The maximum absolute atomic E-state index is 16.0. The van der Waals surface area contributed by atoms with E-state index in [9.17, 15) is 9.90 Å². The van der Waals surface area contributed by atoms with Crippen molar-refractivity contribution in [3.05, 3.63) is 102 Å². The summed E-state index contributed by atoms with van der Waals surface area (Å²) in [6, 6.07) is 24.7. The van der Waals surface area contributed by atoms with Crippen molar-refractivity contribution in [2.24, 2.45) is 5.92 Å². The topological polar surface area (TPSA) is 89.7 Å². The average molecular weight is 603 g/mol. The minimum absolute atomic E-state index is 0.0847. The molecule has 0 fully saturated rings. The highest BCUT2D eigenvalue weighted by Gasteiger charge is 2.47. The summed E-state index contributed by atoms with van der Waals surface area (Å²) in [5.74, 6) is 0.211. The fourth-order valence-corrected chi connectivity index (χ4v) is 8.15. The van der Waals surface area contributed by atoms with Gasteiger partial charge in [0.2, 0.25) is 14.8 Å². The van der Waals surface area contributed by atoms with Gasteiger partial charge in [0.1, 0.15) is 11.9 Å². The second-order valence-corrected chi connectivity index (χ2v) is 15.5. The van der Waals surface area contributed by atoms with Gasteiger partial charge in [-0.3, -0.25) is 14.4 Å². The summed E-state index contributed by atoms with van der Waals surface area (Å²) in [6.07, 6.45) is 2.39. The van der Waals surface area contributed by atoms with Crippen molar-refractivity contribution in [2.45, 2.75) is 56.7 Å². The molecule has 5 atom stereocenters. The number of aromatic nitrogens is 3. The Balaban J connectivity index is 1.37. The van der Waals surface area contributed by atoms with Gasteiger partial charge in [-0.15, -0.1) is 5.10 Å². The highest BCUT2D eigenvalue weighted by molar-refractivity contribution is 6.72. The van der Waals surface area contributed by atoms with Crippen molar-refractivity contribution in [1.82, 2.24) is 15.0 Å². The Morgan fingerprint density at radius 1 is 1.09 bits per heavy atom. The van der Waals surface area contributed by atoms with Crippen LogP contribution in [0, 0.1) is 5.92 Å². The van der Waals surface area contributed by atoms with Crippen molar-refractivity contribution >= 4 is 26.2 Å². The van der Waals surface area contributed by atoms with Crippen molar-refractivity contribution in [2.75, 3.05) is 18.6 Å². The maximum Gasteiger partial charge on any atom is 0.247 e. The van der Waals surface area contributed by atoms with E-state index in [0.717, 1.165) is 23.2 Å². The largest absolute Gasteiger partial charge is 0.490 e. The van der Waals surface area contributed by atoms with Gasteiger partial charge >= 0.3 is 0 Å². The van der Waals surface area contributed by atoms with E-state index in [-0.39, 0.29) is 30.1 Å². The van der Waals surface area contributed by atoms with E-state index in [1.807, 2.05) is 92.0 Å². The number of nitrogens with zero attached hydrogens (tertiary/aromatic N) is 4. The van der Waals surface area contributed by atoms with Crippen LogP contribution in [0.5, 0.6) is 5.75 Å². The Labute approximate surface area is 253 Å². The van der Waals surface area contributed by atoms with E-state index in [1.54, 1.807) is 29.8 Å². The number of hydrogen-bond donors (Lipinski definition) is 1. The van der Waals surface area contributed by atoms with Crippen LogP contribution >= 0.6 is 0 Å². The second-order valence-electron chi connectivity index (χ2n) is 11.6. The van der Waals surface area contributed by atoms with Gasteiger partial charge < -0.3 is 18.7 Å². The third-order valence-corrected chi connectivity index (χ3v) is 10.9. The van der Waals surface area contributed by atoms with Crippen molar-refractivity contribution in [3.63, 3.8) is 0 Å². The molecule has 1 amide bonds. The number of anilines is 2. The van der Waals surface area contributed by atoms with E-state index in [1.165, 1.54) is 0 Å². The number of ether oxygens (including phenoxy) is 2. The van der Waals surface area contributed by atoms with Crippen molar-refractivity contribution < 1.29 is 23.5 Å². The fourth-order valence-electron chi connectivity index (χ4n) is 6.18. The molecule has 1 aromatic heterocycles. The van der Waals surface area contributed by atoms with Crippen molar-refractivity contribution in [3.8, 4) is 5.75 Å². The van der Waals surface area contributed by atoms with Gasteiger partial charge in [-0.1, -0.05) is 60.7 Å². The van der Waals surface area contributed by atoms with Crippen LogP contribution in [0.15, 0.2) is 85.1 Å². The lowest BCUT2D eigenvalue weighted by Crippen LogP contribution is -2.46. The highest BCUT2D eigenvalue weighted by atomic mass is 28.4. The van der Waals surface area contributed by atoms with Crippen LogP contribution in [0.3, 0.4) is 0 Å². The first-order valence-electron chi connectivity index (χ1n) is 14.6. The predicted molar refractivity (Wildman–Crippen MR) is 167 cm³/mol. The number of halogens is 1. The van der Waals surface area contributed by atoms with Crippen molar-refractivity contribution in [1.29, 1.82) is 0 Å². The molecule has 8 nitrogen and oxygen atoms in total. The summed E-state index contributed by atoms with van der Waals surface area (Å²) in [5.41, 5.74) is 3.58. The highest BCUT2D eigenvalue weighted by Crippen LogP contribution is 2.48. The number of carbonyl (C=O) groups excluding carboxylic acids is 1. The number of rotatable bonds is 12. The number of carbonyl (C=O) groups is 1. The Bertz CT molecular complexity index is 1500. The van der Waals surface area contributed by atoms with Gasteiger partial charge in [0.05, 0.1) is 24.3 Å². The molecule has 1 aliphatic rings. The third-order valence-electron chi connectivity index (χ3n) is 8.48. The molecule has 0 bridgehead atoms. The summed E-state index contributed by atoms with van der Waals surface area (Å²) >= 11 is 0. The SMILES string of the molecule is CO[C@@H]1c2cc(N(C=O)c3ccccc3)ccc2O[C@H](C(CCn2cc(C(CO)c3ccccc3)nn2)[Si](C)(C)F)[C@H]1C. The van der Waals surface area contributed by atoms with Gasteiger partial charge in [-0.2, -0.15) is 0 Å². The van der Waals surface area contributed by atoms with Crippen LogP contribution in [0.25, 0.3) is 0 Å². The van der Waals surface area contributed by atoms with Crippen LogP contribution in [-0.4, -0.2) is 54.7 Å². The average Bonchev–Trinajstić information content (AvgIpc) is 3.47. The number of aliphatic hydroxyl groups is 1. The van der Waals surface area contributed by atoms with Gasteiger partial charge in [0.15, 0.2) is 0 Å². The Hall–Kier alpha value is -3.86. The zero-order valence-corrected chi connectivity index (χ0v) is 26.0. The van der Waals surface area contributed by atoms with Crippen LogP contribution in [0.2, 0.25) is 18.6 Å². The molecule has 5 rings (SSSR count). The summed E-state index contributed by atoms with van der Waals surface area (Å²) in [5, 5.41) is 18.7. The van der Waals surface area contributed by atoms with E-state index < -0.39 is 14.5 Å². The van der Waals surface area contributed by atoms with Gasteiger partial charge in [0.25, 0.3) is 0 Å². The molecule has 0 saturated carbocycles. The summed E-state index contributed by atoms with van der Waals surface area (Å²) in [4.78, 5) is 13.6. The smallest absolute Gasteiger partial charge is 0.247 e. The maximum atomic E-state index is 16.0. The molecular weight excluding hydrogens is 563 g/mol. The molecule has 10 heteroatoms. The molecular formula is C33H39FN4O4Si. The number of aliphatic hydroxyl groups excluding tert-OH is 1. The van der Waals surface area contributed by atoms with Crippen LogP contribution in [0.1, 0.15) is 42.2 Å². The fraction of sp³-hybridized carbons (Fsp3) is 0.364. The molecule has 4 aromatic rings. The number of hydrogen-bond acceptors (Lipinski definition) is 6. The number of aryl methyl sites for hydroxylation is 1. The van der Waals surface area contributed by atoms with Gasteiger partial charge in [-0.25, -0.2) is 0 Å². The quantitative estimate of drug-likeness (QED) is 0.114. The summed E-state index contributed by atoms with van der Waals surface area (Å²) in [7, 11) is -1.57. The monoisotopic (exact) mass is 602 g/mol. The first-order chi connectivity index (χ1) is 20.7. The minimum atomic E-state index is -3.22. The molecule has 3 aromatic carbocycles. The zero-order valence-electron chi connectivity index (χ0n) is 25.0. The lowest BCUT2D eigenvalue weighted by atomic mass is 9.86. The molecule has 43 heavy (non-hydrogen) atoms. The lowest BCUT2D eigenvalue weighted by molar-refractivity contribution is -0.106. The summed E-state index contributed by atoms with van der Waals surface area (Å²) < 4.78 is 30.3. The van der Waals surface area contributed by atoms with Crippen LogP contribution < -0.4 is 9.64 Å². The van der Waals surface area contributed by atoms with Gasteiger partial charge in [0, 0.05) is 48.2 Å². The molecule has 2 unspecified atom stereocenters. The van der Waals surface area contributed by atoms with E-state index in [2.05, 4.69) is 10.3 Å². The molecule has 0 aliphatic carbocycles. The van der Waals surface area contributed by atoms with E-state index in [0.29, 0.717) is 30.1 Å². The molecule has 226 valence electrons. The first kappa shape index (κ1) is 30.6. The normalized spacial score (nSPS) is 19.6.